The average Bonchev–Trinajstić information content (AvgIpc) is 2.27. The third kappa shape index (κ3) is 0.604. The molecule has 2 N–H and O–H groups in total. The number of hydrogen-bond acceptors (Lipinski definition) is 4. The van der Waals surface area contributed by atoms with Gasteiger partial charge in [0.1, 0.15) is 0 Å². The molecular weight excluding hydrogens is 130 g/mol. The number of aromatic nitrogens is 4. The quantitative estimate of drug-likeness (QED) is 0.538. The van der Waals surface area contributed by atoms with Crippen molar-refractivity contribution >= 4 is 11.7 Å². The lowest BCUT2D eigenvalue weighted by molar-refractivity contribution is 0.944. The van der Waals surface area contributed by atoms with Gasteiger partial charge in [-0.1, -0.05) is 0 Å². The highest BCUT2D eigenvalue weighted by Crippen LogP contribution is 1.95. The highest BCUT2D eigenvalue weighted by Gasteiger charge is 1.96. The molecular formula is C5H5N5. The van der Waals surface area contributed by atoms with Gasteiger partial charge in [0.05, 0.1) is 0 Å². The number of nitrogen functional groups attached to an aromatic ring is 1. The first-order valence-electron chi connectivity index (χ1n) is 2.79. The molecule has 2 aromatic rings. The molecule has 0 spiro atoms. The molecule has 10 heavy (non-hydrogen) atoms. The lowest BCUT2D eigenvalue weighted by Gasteiger charge is -1.83. The standard InChI is InChI=1S/C5H5N5/c6-4-8-5-7-2-1-3-10(5)9-4/h1-3H,(H2,6,9). The Morgan fingerprint density at radius 1 is 1.50 bits per heavy atom. The summed E-state index contributed by atoms with van der Waals surface area (Å²) in [5.74, 6) is 0.777. The van der Waals surface area contributed by atoms with Crippen LogP contribution in [0.4, 0.5) is 5.95 Å². The van der Waals surface area contributed by atoms with Crippen molar-refractivity contribution in [2.24, 2.45) is 0 Å². The summed E-state index contributed by atoms with van der Waals surface area (Å²) >= 11 is 0. The second kappa shape index (κ2) is 1.66. The Labute approximate surface area is 56.5 Å². The molecule has 5 nitrogen and oxygen atoms in total. The fourth-order valence-corrected chi connectivity index (χ4v) is 0.749. The second-order valence-electron chi connectivity index (χ2n) is 1.83. The first kappa shape index (κ1) is 5.16. The van der Waals surface area contributed by atoms with Gasteiger partial charge in [-0.25, -0.2) is 9.50 Å². The van der Waals surface area contributed by atoms with Gasteiger partial charge < -0.3 is 5.73 Å². The molecule has 0 fully saturated rings. The summed E-state index contributed by atoms with van der Waals surface area (Å²) in [5.41, 5.74) is 5.31. The van der Waals surface area contributed by atoms with Crippen molar-refractivity contribution < 1.29 is 0 Å². The van der Waals surface area contributed by atoms with Crippen molar-refractivity contribution in [3.05, 3.63) is 18.5 Å². The van der Waals surface area contributed by atoms with Gasteiger partial charge in [0, 0.05) is 12.4 Å². The van der Waals surface area contributed by atoms with Crippen LogP contribution in [0.2, 0.25) is 0 Å². The number of hydrogen-bond donors (Lipinski definition) is 1. The van der Waals surface area contributed by atoms with Gasteiger partial charge in [0.15, 0.2) is 0 Å². The van der Waals surface area contributed by atoms with Crippen LogP contribution in [-0.4, -0.2) is 19.6 Å². The maximum Gasteiger partial charge on any atom is 0.253 e. The van der Waals surface area contributed by atoms with Crippen LogP contribution in [0.1, 0.15) is 0 Å². The maximum absolute atomic E-state index is 5.31. The number of nitrogens with two attached hydrogens (primary N) is 1. The molecule has 0 aliphatic heterocycles. The van der Waals surface area contributed by atoms with Crippen LogP contribution >= 0.6 is 0 Å². The number of fused-ring (bicyclic) bond motifs is 1. The van der Waals surface area contributed by atoms with E-state index in [4.69, 9.17) is 5.73 Å². The van der Waals surface area contributed by atoms with Crippen molar-refractivity contribution in [3.63, 3.8) is 0 Å². The Kier molecular flexibility index (Phi) is 0.858. The summed E-state index contributed by atoms with van der Waals surface area (Å²) in [7, 11) is 0. The van der Waals surface area contributed by atoms with E-state index in [1.165, 1.54) is 4.52 Å². The Morgan fingerprint density at radius 3 is 3.20 bits per heavy atom. The number of anilines is 1. The molecule has 5 heteroatoms. The summed E-state index contributed by atoms with van der Waals surface area (Å²) < 4.78 is 1.52. The van der Waals surface area contributed by atoms with Crippen LogP contribution < -0.4 is 5.73 Å². The SMILES string of the molecule is Nc1nc2ncccn2n1. The van der Waals surface area contributed by atoms with E-state index in [1.54, 1.807) is 18.5 Å². The first-order chi connectivity index (χ1) is 4.86. The normalized spacial score (nSPS) is 10.4. The van der Waals surface area contributed by atoms with Gasteiger partial charge in [-0.3, -0.25) is 0 Å². The lowest BCUT2D eigenvalue weighted by atomic mass is 10.7. The van der Waals surface area contributed by atoms with Crippen LogP contribution in [0.15, 0.2) is 18.5 Å². The van der Waals surface area contributed by atoms with Gasteiger partial charge in [0.25, 0.3) is 5.78 Å². The van der Waals surface area contributed by atoms with E-state index in [0.29, 0.717) is 5.78 Å². The van der Waals surface area contributed by atoms with E-state index >= 15 is 0 Å². The van der Waals surface area contributed by atoms with E-state index in [1.807, 2.05) is 0 Å². The molecule has 0 unspecified atom stereocenters. The first-order valence-corrected chi connectivity index (χ1v) is 2.79. The van der Waals surface area contributed by atoms with Gasteiger partial charge in [-0.05, 0) is 6.07 Å². The molecule has 0 aromatic carbocycles. The van der Waals surface area contributed by atoms with Gasteiger partial charge >= 0.3 is 0 Å². The molecule has 2 rings (SSSR count). The van der Waals surface area contributed by atoms with Crippen LogP contribution in [0, 0.1) is 0 Å². The Bertz CT molecular complexity index is 319. The van der Waals surface area contributed by atoms with E-state index in [2.05, 4.69) is 15.1 Å². The van der Waals surface area contributed by atoms with Crippen molar-refractivity contribution in [1.82, 2.24) is 19.6 Å². The summed E-state index contributed by atoms with van der Waals surface area (Å²) in [6.07, 6.45) is 3.38. The van der Waals surface area contributed by atoms with Crippen LogP contribution in [0.3, 0.4) is 0 Å². The van der Waals surface area contributed by atoms with Crippen LogP contribution in [0.25, 0.3) is 5.78 Å². The number of rotatable bonds is 0. The molecule has 0 aliphatic rings. The summed E-state index contributed by atoms with van der Waals surface area (Å²) in [4.78, 5) is 7.74. The number of nitrogens with zero attached hydrogens (tertiary/aromatic N) is 4. The molecule has 0 saturated heterocycles. The fourth-order valence-electron chi connectivity index (χ4n) is 0.749. The van der Waals surface area contributed by atoms with Crippen molar-refractivity contribution in [2.75, 3.05) is 5.73 Å². The zero-order valence-corrected chi connectivity index (χ0v) is 5.10. The predicted octanol–water partition coefficient (Wildman–Crippen LogP) is -0.294. The minimum Gasteiger partial charge on any atom is -0.366 e. The minimum absolute atomic E-state index is 0.249. The monoisotopic (exact) mass is 135 g/mol. The summed E-state index contributed by atoms with van der Waals surface area (Å²) in [5, 5.41) is 3.83. The van der Waals surface area contributed by atoms with E-state index in [-0.39, 0.29) is 5.95 Å². The Morgan fingerprint density at radius 2 is 2.40 bits per heavy atom. The highest BCUT2D eigenvalue weighted by molar-refractivity contribution is 5.31. The third-order valence-corrected chi connectivity index (χ3v) is 1.13. The predicted molar refractivity (Wildman–Crippen MR) is 35.2 cm³/mol. The molecule has 50 valence electrons. The molecule has 0 radical (unpaired) electrons. The van der Waals surface area contributed by atoms with Crippen molar-refractivity contribution in [3.8, 4) is 0 Å². The second-order valence-corrected chi connectivity index (χ2v) is 1.83. The van der Waals surface area contributed by atoms with E-state index in [9.17, 15) is 0 Å². The Balaban J connectivity index is 2.88. The topological polar surface area (TPSA) is 69.1 Å². The highest BCUT2D eigenvalue weighted by atomic mass is 15.3. The summed E-state index contributed by atoms with van der Waals surface area (Å²) in [6, 6.07) is 1.76. The molecule has 0 bridgehead atoms. The van der Waals surface area contributed by atoms with Gasteiger partial charge in [-0.2, -0.15) is 4.98 Å². The van der Waals surface area contributed by atoms with Crippen molar-refractivity contribution in [2.45, 2.75) is 0 Å². The van der Waals surface area contributed by atoms with E-state index < -0.39 is 0 Å². The van der Waals surface area contributed by atoms with Gasteiger partial charge in [-0.15, -0.1) is 5.10 Å². The zero-order valence-electron chi connectivity index (χ0n) is 5.10. The smallest absolute Gasteiger partial charge is 0.253 e. The van der Waals surface area contributed by atoms with Gasteiger partial charge in [0.2, 0.25) is 5.95 Å². The third-order valence-electron chi connectivity index (χ3n) is 1.13. The molecule has 0 atom stereocenters. The molecule has 0 saturated carbocycles. The van der Waals surface area contributed by atoms with Crippen LogP contribution in [0.5, 0.6) is 0 Å². The molecule has 2 heterocycles. The van der Waals surface area contributed by atoms with Crippen molar-refractivity contribution in [1.29, 1.82) is 0 Å². The summed E-state index contributed by atoms with van der Waals surface area (Å²) in [6.45, 7) is 0. The fraction of sp³-hybridized carbons (Fsp3) is 0. The molecule has 2 aromatic heterocycles. The molecule has 0 aliphatic carbocycles. The zero-order chi connectivity index (χ0) is 6.97. The molecule has 0 amide bonds. The lowest BCUT2D eigenvalue weighted by Crippen LogP contribution is -1.88. The maximum atomic E-state index is 5.31. The Hall–Kier alpha value is -1.65. The minimum atomic E-state index is 0.249. The van der Waals surface area contributed by atoms with Crippen LogP contribution in [-0.2, 0) is 0 Å². The largest absolute Gasteiger partial charge is 0.366 e. The average molecular weight is 135 g/mol. The van der Waals surface area contributed by atoms with E-state index in [0.717, 1.165) is 0 Å².